The highest BCUT2D eigenvalue weighted by Gasteiger charge is 2.41. The van der Waals surface area contributed by atoms with E-state index >= 15 is 0 Å². The second kappa shape index (κ2) is 9.61. The van der Waals surface area contributed by atoms with Crippen molar-refractivity contribution in [2.45, 2.75) is 39.3 Å². The number of anilines is 2. The van der Waals surface area contributed by atoms with Crippen LogP contribution in [0.2, 0.25) is 5.02 Å². The number of benzene rings is 2. The zero-order chi connectivity index (χ0) is 26.1. The first-order valence-corrected chi connectivity index (χ1v) is 10.8. The Morgan fingerprint density at radius 3 is 2.20 bits per heavy atom. The number of amides is 2. The Bertz CT molecular complexity index is 1280. The number of hydrogen-bond acceptors (Lipinski definition) is 4. The molecule has 0 bridgehead atoms. The first-order chi connectivity index (χ1) is 16.2. The molecule has 0 unspecified atom stereocenters. The van der Waals surface area contributed by atoms with Crippen molar-refractivity contribution in [2.24, 2.45) is 0 Å². The number of nitrogens with zero attached hydrogens (tertiary/aromatic N) is 2. The quantitative estimate of drug-likeness (QED) is 0.438. The fourth-order valence-electron chi connectivity index (χ4n) is 3.53. The molecule has 0 saturated carbocycles. The number of ether oxygens (including phenoxy) is 1. The molecular weight excluding hydrogens is 485 g/mol. The molecule has 2 amide bonds. The van der Waals surface area contributed by atoms with Crippen LogP contribution in [-0.4, -0.2) is 28.7 Å². The van der Waals surface area contributed by atoms with Crippen molar-refractivity contribution in [1.82, 2.24) is 9.78 Å². The molecule has 2 aromatic carbocycles. The van der Waals surface area contributed by atoms with Gasteiger partial charge in [-0.3, -0.25) is 9.59 Å². The van der Waals surface area contributed by atoms with E-state index in [-0.39, 0.29) is 28.0 Å². The third kappa shape index (κ3) is 5.94. The number of carbonyl (C=O) groups excluding carboxylic acids is 2. The second-order valence-corrected chi connectivity index (χ2v) is 9.25. The molecule has 3 aromatic rings. The van der Waals surface area contributed by atoms with E-state index < -0.39 is 28.8 Å². The highest BCUT2D eigenvalue weighted by molar-refractivity contribution is 6.31. The molecule has 0 atom stereocenters. The van der Waals surface area contributed by atoms with Gasteiger partial charge in [-0.15, -0.1) is 0 Å². The monoisotopic (exact) mass is 508 g/mol. The van der Waals surface area contributed by atoms with E-state index in [9.17, 15) is 22.8 Å². The van der Waals surface area contributed by atoms with Crippen LogP contribution < -0.4 is 15.4 Å². The Morgan fingerprint density at radius 1 is 1.03 bits per heavy atom. The minimum atomic E-state index is -4.89. The Morgan fingerprint density at radius 2 is 1.66 bits per heavy atom. The van der Waals surface area contributed by atoms with Crippen LogP contribution in [0, 0.1) is 0 Å². The molecule has 1 heterocycles. The van der Waals surface area contributed by atoms with Gasteiger partial charge < -0.3 is 15.4 Å². The molecule has 0 radical (unpaired) electrons. The van der Waals surface area contributed by atoms with Crippen LogP contribution in [0.25, 0.3) is 5.69 Å². The lowest BCUT2D eigenvalue weighted by atomic mass is 9.86. The van der Waals surface area contributed by atoms with E-state index in [1.807, 2.05) is 20.8 Å². The van der Waals surface area contributed by atoms with Crippen molar-refractivity contribution < 1.29 is 27.5 Å². The lowest BCUT2D eigenvalue weighted by Crippen LogP contribution is -2.21. The van der Waals surface area contributed by atoms with Gasteiger partial charge in [0.05, 0.1) is 24.6 Å². The van der Waals surface area contributed by atoms with Crippen molar-refractivity contribution in [1.29, 1.82) is 0 Å². The minimum Gasteiger partial charge on any atom is -0.496 e. The normalized spacial score (nSPS) is 11.8. The molecule has 7 nitrogen and oxygen atoms in total. The van der Waals surface area contributed by atoms with Gasteiger partial charge in [0.25, 0.3) is 5.91 Å². The molecule has 1 aromatic heterocycles. The van der Waals surface area contributed by atoms with Gasteiger partial charge in [0.2, 0.25) is 5.91 Å². The molecule has 0 saturated heterocycles. The third-order valence-electron chi connectivity index (χ3n) is 4.99. The number of rotatable bonds is 5. The first-order valence-electron chi connectivity index (χ1n) is 10.4. The fraction of sp³-hybridized carbons (Fsp3) is 0.292. The van der Waals surface area contributed by atoms with Crippen molar-refractivity contribution in [3.63, 3.8) is 0 Å². The highest BCUT2D eigenvalue weighted by atomic mass is 35.5. The number of aromatic nitrogens is 2. The summed E-state index contributed by atoms with van der Waals surface area (Å²) in [5, 5.41) is 8.95. The topological polar surface area (TPSA) is 85.2 Å². The molecule has 11 heteroatoms. The summed E-state index contributed by atoms with van der Waals surface area (Å²) in [7, 11) is 1.48. The van der Waals surface area contributed by atoms with Gasteiger partial charge in [0, 0.05) is 28.9 Å². The van der Waals surface area contributed by atoms with E-state index in [0.717, 1.165) is 6.20 Å². The summed E-state index contributed by atoms with van der Waals surface area (Å²) in [4.78, 5) is 24.2. The van der Waals surface area contributed by atoms with E-state index in [4.69, 9.17) is 16.3 Å². The fourth-order valence-corrected chi connectivity index (χ4v) is 3.77. The zero-order valence-corrected chi connectivity index (χ0v) is 20.4. The Hall–Kier alpha value is -3.53. The van der Waals surface area contributed by atoms with E-state index in [1.165, 1.54) is 38.3 Å². The van der Waals surface area contributed by atoms with Gasteiger partial charge in [0.15, 0.2) is 5.69 Å². The number of methoxy groups -OCH3 is 1. The molecule has 0 aliphatic carbocycles. The largest absolute Gasteiger partial charge is 0.496 e. The van der Waals surface area contributed by atoms with Gasteiger partial charge in [-0.1, -0.05) is 32.4 Å². The smallest absolute Gasteiger partial charge is 0.434 e. The van der Waals surface area contributed by atoms with Gasteiger partial charge in [-0.05, 0) is 41.8 Å². The lowest BCUT2D eigenvalue weighted by molar-refractivity contribution is -0.143. The molecule has 0 spiro atoms. The molecule has 0 fully saturated rings. The Labute approximate surface area is 205 Å². The summed E-state index contributed by atoms with van der Waals surface area (Å²) in [5.41, 5.74) is -1.15. The van der Waals surface area contributed by atoms with E-state index in [0.29, 0.717) is 16.0 Å². The maximum Gasteiger partial charge on any atom is 0.434 e. The SMILES string of the molecule is COc1ccc(-n2ncc(C(=O)Nc3cc(Cl)cc(NC(C)=O)c3)c2C(F)(F)F)cc1C(C)(C)C. The molecule has 35 heavy (non-hydrogen) atoms. The predicted molar refractivity (Wildman–Crippen MR) is 128 cm³/mol. The maximum absolute atomic E-state index is 14.1. The summed E-state index contributed by atoms with van der Waals surface area (Å²) in [6.07, 6.45) is -4.03. The van der Waals surface area contributed by atoms with Gasteiger partial charge in [0.1, 0.15) is 5.75 Å². The van der Waals surface area contributed by atoms with E-state index in [2.05, 4.69) is 15.7 Å². The van der Waals surface area contributed by atoms with Gasteiger partial charge in [-0.2, -0.15) is 18.3 Å². The number of hydrogen-bond donors (Lipinski definition) is 2. The maximum atomic E-state index is 14.1. The second-order valence-electron chi connectivity index (χ2n) is 8.81. The summed E-state index contributed by atoms with van der Waals surface area (Å²) >= 11 is 6.02. The average molecular weight is 509 g/mol. The number of alkyl halides is 3. The predicted octanol–water partition coefficient (Wildman–Crippen LogP) is 6.06. The molecule has 0 aliphatic heterocycles. The van der Waals surface area contributed by atoms with Crippen molar-refractivity contribution >= 4 is 34.8 Å². The summed E-state index contributed by atoms with van der Waals surface area (Å²) < 4.78 is 48.5. The van der Waals surface area contributed by atoms with Crippen molar-refractivity contribution in [3.05, 3.63) is 64.4 Å². The Balaban J connectivity index is 2.06. The molecule has 2 N–H and O–H groups in total. The molecule has 186 valence electrons. The van der Waals surface area contributed by atoms with Crippen molar-refractivity contribution in [2.75, 3.05) is 17.7 Å². The molecule has 3 rings (SSSR count). The van der Waals surface area contributed by atoms with Crippen LogP contribution in [0.4, 0.5) is 24.5 Å². The van der Waals surface area contributed by atoms with Crippen LogP contribution in [-0.2, 0) is 16.4 Å². The standard InChI is InChI=1S/C24H24ClF3N4O3/c1-13(33)30-15-8-14(25)9-16(10-15)31-22(34)18-12-29-32(21(18)24(26,27)28)17-6-7-20(35-5)19(11-17)23(2,3)4/h6-12H,1-5H3,(H,30,33)(H,31,34). The molecular formula is C24H24ClF3N4O3. The van der Waals surface area contributed by atoms with Crippen molar-refractivity contribution in [3.8, 4) is 11.4 Å². The average Bonchev–Trinajstić information content (AvgIpc) is 3.17. The van der Waals surface area contributed by atoms with Gasteiger partial charge in [-0.25, -0.2) is 4.68 Å². The number of halogens is 4. The van der Waals surface area contributed by atoms with Crippen LogP contribution in [0.3, 0.4) is 0 Å². The van der Waals surface area contributed by atoms with Gasteiger partial charge >= 0.3 is 6.18 Å². The first kappa shape index (κ1) is 26.1. The summed E-state index contributed by atoms with van der Waals surface area (Å²) in [5.74, 6) is -0.890. The third-order valence-corrected chi connectivity index (χ3v) is 5.21. The van der Waals surface area contributed by atoms with Crippen LogP contribution in [0.15, 0.2) is 42.6 Å². The minimum absolute atomic E-state index is 0.103. The van der Waals surface area contributed by atoms with E-state index in [1.54, 1.807) is 12.1 Å². The lowest BCUT2D eigenvalue weighted by Gasteiger charge is -2.23. The molecule has 0 aliphatic rings. The number of carbonyl (C=O) groups is 2. The Kier molecular flexibility index (Phi) is 7.16. The van der Waals surface area contributed by atoms with Crippen LogP contribution in [0.1, 0.15) is 49.3 Å². The highest BCUT2D eigenvalue weighted by Crippen LogP contribution is 2.37. The number of nitrogens with one attached hydrogen (secondary N) is 2. The summed E-state index contributed by atoms with van der Waals surface area (Å²) in [6.45, 7) is 7.00. The van der Waals surface area contributed by atoms with Crippen LogP contribution >= 0.6 is 11.6 Å². The van der Waals surface area contributed by atoms with Crippen LogP contribution in [0.5, 0.6) is 5.75 Å². The zero-order valence-electron chi connectivity index (χ0n) is 19.7. The summed E-state index contributed by atoms with van der Waals surface area (Å²) in [6, 6.07) is 8.72.